The van der Waals surface area contributed by atoms with Gasteiger partial charge in [0.2, 0.25) is 0 Å². The van der Waals surface area contributed by atoms with E-state index in [-0.39, 0.29) is 0 Å². The number of allylic oxidation sites excluding steroid dienone is 3. The molecule has 0 saturated heterocycles. The molecular formula is C15H20O. The Morgan fingerprint density at radius 1 is 1.25 bits per heavy atom. The van der Waals surface area contributed by atoms with E-state index in [2.05, 4.69) is 44.7 Å². The fourth-order valence-electron chi connectivity index (χ4n) is 1.54. The SMILES string of the molecule is C=C(/C=C(/CC)OC)c1ccc(CC)cc1. The maximum Gasteiger partial charge on any atom is 0.0958 e. The topological polar surface area (TPSA) is 9.23 Å². The van der Waals surface area contributed by atoms with Crippen molar-refractivity contribution in [3.8, 4) is 0 Å². The van der Waals surface area contributed by atoms with Crippen LogP contribution in [-0.2, 0) is 11.2 Å². The summed E-state index contributed by atoms with van der Waals surface area (Å²) in [7, 11) is 1.70. The molecule has 1 aromatic rings. The molecule has 0 fully saturated rings. The van der Waals surface area contributed by atoms with Gasteiger partial charge in [-0.2, -0.15) is 0 Å². The Hall–Kier alpha value is -1.50. The Labute approximate surface area is 98.5 Å². The lowest BCUT2D eigenvalue weighted by atomic mass is 10.0. The van der Waals surface area contributed by atoms with Crippen LogP contribution in [0.2, 0.25) is 0 Å². The van der Waals surface area contributed by atoms with E-state index >= 15 is 0 Å². The summed E-state index contributed by atoms with van der Waals surface area (Å²) in [5.74, 6) is 0.963. The van der Waals surface area contributed by atoms with Crippen molar-refractivity contribution < 1.29 is 4.74 Å². The van der Waals surface area contributed by atoms with Crippen LogP contribution in [0.25, 0.3) is 5.57 Å². The van der Waals surface area contributed by atoms with Crippen molar-refractivity contribution in [2.45, 2.75) is 26.7 Å². The maximum atomic E-state index is 5.24. The summed E-state index contributed by atoms with van der Waals surface area (Å²) in [6.07, 6.45) is 3.96. The van der Waals surface area contributed by atoms with Crippen molar-refractivity contribution in [3.63, 3.8) is 0 Å². The van der Waals surface area contributed by atoms with Crippen LogP contribution in [0.1, 0.15) is 31.4 Å². The van der Waals surface area contributed by atoms with E-state index in [4.69, 9.17) is 4.74 Å². The van der Waals surface area contributed by atoms with E-state index in [1.54, 1.807) is 7.11 Å². The van der Waals surface area contributed by atoms with E-state index in [1.807, 2.05) is 6.08 Å². The molecule has 0 aliphatic rings. The Balaban J connectivity index is 2.84. The predicted molar refractivity (Wildman–Crippen MR) is 70.2 cm³/mol. The highest BCUT2D eigenvalue weighted by Gasteiger charge is 1.98. The molecule has 1 heteroatoms. The van der Waals surface area contributed by atoms with Gasteiger partial charge in [-0.05, 0) is 29.2 Å². The zero-order chi connectivity index (χ0) is 12.0. The largest absolute Gasteiger partial charge is 0.501 e. The van der Waals surface area contributed by atoms with Crippen molar-refractivity contribution in [2.75, 3.05) is 7.11 Å². The molecule has 0 amide bonds. The van der Waals surface area contributed by atoms with Crippen molar-refractivity contribution in [2.24, 2.45) is 0 Å². The van der Waals surface area contributed by atoms with Crippen LogP contribution in [0, 0.1) is 0 Å². The number of ether oxygens (including phenoxy) is 1. The minimum atomic E-state index is 0.891. The molecule has 0 bridgehead atoms. The second kappa shape index (κ2) is 6.16. The van der Waals surface area contributed by atoms with Gasteiger partial charge < -0.3 is 4.74 Å². The van der Waals surface area contributed by atoms with Crippen molar-refractivity contribution in [1.29, 1.82) is 0 Å². The summed E-state index contributed by atoms with van der Waals surface area (Å²) in [6, 6.07) is 8.51. The first-order chi connectivity index (χ1) is 7.71. The summed E-state index contributed by atoms with van der Waals surface area (Å²) in [5.41, 5.74) is 3.50. The molecule has 1 nitrogen and oxygen atoms in total. The smallest absolute Gasteiger partial charge is 0.0958 e. The molecule has 1 aromatic carbocycles. The molecule has 16 heavy (non-hydrogen) atoms. The molecule has 86 valence electrons. The molecule has 0 saturated carbocycles. The fourth-order valence-corrected chi connectivity index (χ4v) is 1.54. The molecule has 1 rings (SSSR count). The van der Waals surface area contributed by atoms with Crippen LogP contribution in [0.4, 0.5) is 0 Å². The maximum absolute atomic E-state index is 5.24. The van der Waals surface area contributed by atoms with Gasteiger partial charge in [0.05, 0.1) is 12.9 Å². The highest BCUT2D eigenvalue weighted by molar-refractivity contribution is 5.72. The number of hydrogen-bond donors (Lipinski definition) is 0. The Kier molecular flexibility index (Phi) is 4.84. The second-order valence-corrected chi connectivity index (χ2v) is 3.74. The molecular weight excluding hydrogens is 196 g/mol. The molecule has 0 atom stereocenters. The Morgan fingerprint density at radius 3 is 2.31 bits per heavy atom. The summed E-state index contributed by atoms with van der Waals surface area (Å²) in [6.45, 7) is 8.29. The van der Waals surface area contributed by atoms with Gasteiger partial charge in [-0.1, -0.05) is 44.7 Å². The van der Waals surface area contributed by atoms with Gasteiger partial charge in [-0.25, -0.2) is 0 Å². The van der Waals surface area contributed by atoms with Gasteiger partial charge in [0, 0.05) is 6.42 Å². The lowest BCUT2D eigenvalue weighted by Gasteiger charge is -2.06. The van der Waals surface area contributed by atoms with Crippen LogP contribution in [0.5, 0.6) is 0 Å². The standard InChI is InChI=1S/C15H20O/c1-5-13-7-9-14(10-8-13)12(3)11-15(6-2)16-4/h7-11H,3,5-6H2,1-2,4H3/b15-11-. The van der Waals surface area contributed by atoms with Gasteiger partial charge in [0.1, 0.15) is 0 Å². The number of methoxy groups -OCH3 is 1. The van der Waals surface area contributed by atoms with Crippen molar-refractivity contribution in [3.05, 3.63) is 53.8 Å². The van der Waals surface area contributed by atoms with E-state index < -0.39 is 0 Å². The third-order valence-electron chi connectivity index (χ3n) is 2.68. The molecule has 0 unspecified atom stereocenters. The number of hydrogen-bond acceptors (Lipinski definition) is 1. The molecule has 0 aromatic heterocycles. The molecule has 0 aliphatic heterocycles. The second-order valence-electron chi connectivity index (χ2n) is 3.74. The van der Waals surface area contributed by atoms with Gasteiger partial charge >= 0.3 is 0 Å². The summed E-state index contributed by atoms with van der Waals surface area (Å²) >= 11 is 0. The van der Waals surface area contributed by atoms with Crippen molar-refractivity contribution in [1.82, 2.24) is 0 Å². The molecule has 0 spiro atoms. The zero-order valence-corrected chi connectivity index (χ0v) is 10.4. The Bertz CT molecular complexity index is 365. The van der Waals surface area contributed by atoms with Gasteiger partial charge in [-0.3, -0.25) is 0 Å². The van der Waals surface area contributed by atoms with Crippen LogP contribution in [-0.4, -0.2) is 7.11 Å². The van der Waals surface area contributed by atoms with E-state index in [0.717, 1.165) is 29.7 Å². The molecule has 0 N–H and O–H groups in total. The van der Waals surface area contributed by atoms with E-state index in [0.29, 0.717) is 0 Å². The monoisotopic (exact) mass is 216 g/mol. The molecule has 0 radical (unpaired) electrons. The minimum absolute atomic E-state index is 0.891. The third-order valence-corrected chi connectivity index (χ3v) is 2.68. The van der Waals surface area contributed by atoms with Gasteiger partial charge in [0.15, 0.2) is 0 Å². The average Bonchev–Trinajstić information content (AvgIpc) is 2.35. The summed E-state index contributed by atoms with van der Waals surface area (Å²) < 4.78 is 5.24. The zero-order valence-electron chi connectivity index (χ0n) is 10.4. The van der Waals surface area contributed by atoms with Crippen LogP contribution in [0.3, 0.4) is 0 Å². The summed E-state index contributed by atoms with van der Waals surface area (Å²) in [4.78, 5) is 0. The quantitative estimate of drug-likeness (QED) is 0.529. The van der Waals surface area contributed by atoms with Gasteiger partial charge in [0.25, 0.3) is 0 Å². The van der Waals surface area contributed by atoms with E-state index in [9.17, 15) is 0 Å². The highest BCUT2D eigenvalue weighted by atomic mass is 16.5. The first-order valence-electron chi connectivity index (χ1n) is 5.74. The van der Waals surface area contributed by atoms with E-state index in [1.165, 1.54) is 5.56 Å². The van der Waals surface area contributed by atoms with Gasteiger partial charge in [-0.15, -0.1) is 0 Å². The Morgan fingerprint density at radius 2 is 1.88 bits per heavy atom. The number of rotatable bonds is 5. The summed E-state index contributed by atoms with van der Waals surface area (Å²) in [5, 5.41) is 0. The van der Waals surface area contributed by atoms with Crippen molar-refractivity contribution >= 4 is 5.57 Å². The van der Waals surface area contributed by atoms with Crippen LogP contribution < -0.4 is 0 Å². The first kappa shape index (κ1) is 12.6. The predicted octanol–water partition coefficient (Wildman–Crippen LogP) is 4.20. The van der Waals surface area contributed by atoms with Crippen LogP contribution >= 0.6 is 0 Å². The lowest BCUT2D eigenvalue weighted by Crippen LogP contribution is -1.87. The highest BCUT2D eigenvalue weighted by Crippen LogP contribution is 2.17. The number of aryl methyl sites for hydroxylation is 1. The number of benzene rings is 1. The third kappa shape index (κ3) is 3.27. The molecule has 0 heterocycles. The minimum Gasteiger partial charge on any atom is -0.501 e. The normalized spacial score (nSPS) is 11.3. The van der Waals surface area contributed by atoms with Crippen LogP contribution in [0.15, 0.2) is 42.7 Å². The molecule has 0 aliphatic carbocycles. The lowest BCUT2D eigenvalue weighted by molar-refractivity contribution is 0.281. The average molecular weight is 216 g/mol. The first-order valence-corrected chi connectivity index (χ1v) is 5.74. The fraction of sp³-hybridized carbons (Fsp3) is 0.333.